The summed E-state index contributed by atoms with van der Waals surface area (Å²) in [6.45, 7) is 0.636. The number of aliphatic hydroxyl groups excluding tert-OH is 1. The first-order valence-corrected chi connectivity index (χ1v) is 4.69. The minimum atomic E-state index is -0.137. The van der Waals surface area contributed by atoms with E-state index in [0.717, 1.165) is 5.69 Å². The van der Waals surface area contributed by atoms with Gasteiger partial charge in [-0.25, -0.2) is 0 Å². The molecule has 0 saturated carbocycles. The zero-order chi connectivity index (χ0) is 10.8. The highest BCUT2D eigenvalue weighted by Gasteiger charge is 2.21. The van der Waals surface area contributed by atoms with Gasteiger partial charge in [0.15, 0.2) is 0 Å². The van der Waals surface area contributed by atoms with Crippen molar-refractivity contribution in [3.8, 4) is 5.75 Å². The summed E-state index contributed by atoms with van der Waals surface area (Å²) in [6.07, 6.45) is 0. The number of nitrogens with one attached hydrogen (secondary N) is 1. The predicted octanol–water partition coefficient (Wildman–Crippen LogP) is 0.143. The minimum absolute atomic E-state index is 0.00635. The number of phenols is 1. The summed E-state index contributed by atoms with van der Waals surface area (Å²) in [7, 11) is 0. The van der Waals surface area contributed by atoms with E-state index in [9.17, 15) is 9.90 Å². The molecule has 1 aromatic carbocycles. The van der Waals surface area contributed by atoms with Crippen molar-refractivity contribution in [3.05, 3.63) is 18.2 Å². The molecule has 0 radical (unpaired) electrons. The van der Waals surface area contributed by atoms with Crippen LogP contribution in [0, 0.1) is 0 Å². The largest absolute Gasteiger partial charge is 0.508 e. The highest BCUT2D eigenvalue weighted by atomic mass is 16.3. The van der Waals surface area contributed by atoms with Crippen LogP contribution in [0.3, 0.4) is 0 Å². The fourth-order valence-corrected chi connectivity index (χ4v) is 1.67. The van der Waals surface area contributed by atoms with Gasteiger partial charge < -0.3 is 20.4 Å². The van der Waals surface area contributed by atoms with E-state index in [-0.39, 0.29) is 24.8 Å². The Labute approximate surface area is 86.9 Å². The Hall–Kier alpha value is -1.75. The number of aromatic hydroxyl groups is 1. The Bertz CT molecular complexity index is 392. The van der Waals surface area contributed by atoms with E-state index in [4.69, 9.17) is 5.11 Å². The van der Waals surface area contributed by atoms with Crippen LogP contribution in [-0.4, -0.2) is 35.8 Å². The maximum atomic E-state index is 11.3. The van der Waals surface area contributed by atoms with E-state index in [1.54, 1.807) is 17.0 Å². The predicted molar refractivity (Wildman–Crippen MR) is 56.0 cm³/mol. The van der Waals surface area contributed by atoms with E-state index in [0.29, 0.717) is 12.2 Å². The first-order chi connectivity index (χ1) is 7.20. The van der Waals surface area contributed by atoms with Crippen molar-refractivity contribution in [1.82, 2.24) is 0 Å². The number of carbonyl (C=O) groups is 1. The molecule has 80 valence electrons. The van der Waals surface area contributed by atoms with Crippen LogP contribution in [0.25, 0.3) is 0 Å². The van der Waals surface area contributed by atoms with Gasteiger partial charge in [-0.1, -0.05) is 0 Å². The van der Waals surface area contributed by atoms with Crippen molar-refractivity contribution in [3.63, 3.8) is 0 Å². The molecule has 0 unspecified atom stereocenters. The van der Waals surface area contributed by atoms with Crippen LogP contribution >= 0.6 is 0 Å². The Balaban J connectivity index is 2.37. The van der Waals surface area contributed by atoms with Crippen molar-refractivity contribution in [1.29, 1.82) is 0 Å². The second kappa shape index (κ2) is 3.78. The van der Waals surface area contributed by atoms with Crippen molar-refractivity contribution >= 4 is 17.3 Å². The van der Waals surface area contributed by atoms with E-state index in [2.05, 4.69) is 5.32 Å². The summed E-state index contributed by atoms with van der Waals surface area (Å²) < 4.78 is 0. The van der Waals surface area contributed by atoms with Gasteiger partial charge in [-0.15, -0.1) is 0 Å². The molecule has 3 N–H and O–H groups in total. The number of nitrogens with zero attached hydrogens (tertiary/aromatic N) is 1. The summed E-state index contributed by atoms with van der Waals surface area (Å²) in [5.41, 5.74) is 1.40. The zero-order valence-electron chi connectivity index (χ0n) is 8.10. The van der Waals surface area contributed by atoms with Crippen molar-refractivity contribution in [2.24, 2.45) is 0 Å². The van der Waals surface area contributed by atoms with Crippen LogP contribution in [0.15, 0.2) is 18.2 Å². The van der Waals surface area contributed by atoms with Gasteiger partial charge in [-0.05, 0) is 12.1 Å². The molecular formula is C10H12N2O3. The third-order valence-corrected chi connectivity index (χ3v) is 2.30. The Kier molecular flexibility index (Phi) is 2.47. The smallest absolute Gasteiger partial charge is 0.243 e. The Morgan fingerprint density at radius 1 is 1.47 bits per heavy atom. The molecule has 0 bridgehead atoms. The first-order valence-electron chi connectivity index (χ1n) is 4.69. The number of amides is 1. The van der Waals surface area contributed by atoms with Gasteiger partial charge in [0.25, 0.3) is 0 Å². The Morgan fingerprint density at radius 2 is 2.27 bits per heavy atom. The van der Waals surface area contributed by atoms with Crippen molar-refractivity contribution in [2.45, 2.75) is 0 Å². The number of β-amino-alcohol motifs (C(OH)–C–C–N with tert-alkyl or cyclic N) is 1. The van der Waals surface area contributed by atoms with Gasteiger partial charge in [0.2, 0.25) is 5.91 Å². The van der Waals surface area contributed by atoms with E-state index < -0.39 is 0 Å². The molecule has 1 aliphatic rings. The first kappa shape index (κ1) is 9.79. The molecule has 0 saturated heterocycles. The third kappa shape index (κ3) is 1.87. The van der Waals surface area contributed by atoms with E-state index >= 15 is 0 Å². The lowest BCUT2D eigenvalue weighted by Gasteiger charge is -2.30. The standard InChI is InChI=1S/C10H12N2O3/c13-4-3-12-6-10(15)11-8-5-7(14)1-2-9(8)12/h1-2,5,13-14H,3-4,6H2,(H,11,15). The minimum Gasteiger partial charge on any atom is -0.508 e. The van der Waals surface area contributed by atoms with Gasteiger partial charge >= 0.3 is 0 Å². The molecule has 15 heavy (non-hydrogen) atoms. The highest BCUT2D eigenvalue weighted by Crippen LogP contribution is 2.31. The topological polar surface area (TPSA) is 72.8 Å². The average molecular weight is 208 g/mol. The van der Waals surface area contributed by atoms with Gasteiger partial charge in [0.05, 0.1) is 24.5 Å². The van der Waals surface area contributed by atoms with E-state index in [1.807, 2.05) is 0 Å². The maximum Gasteiger partial charge on any atom is 0.243 e. The molecule has 1 heterocycles. The van der Waals surface area contributed by atoms with Crippen LogP contribution in [0.2, 0.25) is 0 Å². The highest BCUT2D eigenvalue weighted by molar-refractivity contribution is 6.01. The molecule has 5 heteroatoms. The molecule has 5 nitrogen and oxygen atoms in total. The summed E-state index contributed by atoms with van der Waals surface area (Å²) in [5.74, 6) is -0.0264. The molecular weight excluding hydrogens is 196 g/mol. The zero-order valence-corrected chi connectivity index (χ0v) is 8.10. The Morgan fingerprint density at radius 3 is 3.00 bits per heavy atom. The second-order valence-corrected chi connectivity index (χ2v) is 3.39. The quantitative estimate of drug-likeness (QED) is 0.646. The third-order valence-electron chi connectivity index (χ3n) is 2.30. The summed E-state index contributed by atoms with van der Waals surface area (Å²) >= 11 is 0. The van der Waals surface area contributed by atoms with Crippen molar-refractivity contribution < 1.29 is 15.0 Å². The normalized spacial score (nSPS) is 14.7. The van der Waals surface area contributed by atoms with Gasteiger partial charge in [0, 0.05) is 12.6 Å². The number of hydrogen-bond donors (Lipinski definition) is 3. The number of anilines is 2. The molecule has 0 spiro atoms. The van der Waals surface area contributed by atoms with Crippen LogP contribution in [0.5, 0.6) is 5.75 Å². The molecule has 0 fully saturated rings. The fraction of sp³-hybridized carbons (Fsp3) is 0.300. The number of benzene rings is 1. The van der Waals surface area contributed by atoms with Crippen LogP contribution < -0.4 is 10.2 Å². The molecule has 1 aromatic rings. The SMILES string of the molecule is O=C1CN(CCO)c2ccc(O)cc2N1. The lowest BCUT2D eigenvalue weighted by molar-refractivity contribution is -0.115. The van der Waals surface area contributed by atoms with Crippen LogP contribution in [0.1, 0.15) is 0 Å². The summed E-state index contributed by atoms with van der Waals surface area (Å²) in [4.78, 5) is 13.1. The molecule has 0 aromatic heterocycles. The van der Waals surface area contributed by atoms with Gasteiger partial charge in [0.1, 0.15) is 5.75 Å². The number of rotatable bonds is 2. The van der Waals surface area contributed by atoms with Crippen molar-refractivity contribution in [2.75, 3.05) is 29.9 Å². The van der Waals surface area contributed by atoms with Crippen LogP contribution in [-0.2, 0) is 4.79 Å². The molecule has 0 aliphatic carbocycles. The van der Waals surface area contributed by atoms with E-state index in [1.165, 1.54) is 6.07 Å². The monoisotopic (exact) mass is 208 g/mol. The molecule has 2 rings (SSSR count). The van der Waals surface area contributed by atoms with Gasteiger partial charge in [-0.2, -0.15) is 0 Å². The van der Waals surface area contributed by atoms with Gasteiger partial charge in [-0.3, -0.25) is 4.79 Å². The average Bonchev–Trinajstić information content (AvgIpc) is 2.17. The number of hydrogen-bond acceptors (Lipinski definition) is 4. The lowest BCUT2D eigenvalue weighted by atomic mass is 10.2. The fourth-order valence-electron chi connectivity index (χ4n) is 1.67. The van der Waals surface area contributed by atoms with Crippen LogP contribution in [0.4, 0.5) is 11.4 Å². The summed E-state index contributed by atoms with van der Waals surface area (Å²) in [6, 6.07) is 4.78. The number of aliphatic hydroxyl groups is 1. The lowest BCUT2D eigenvalue weighted by Crippen LogP contribution is -2.39. The molecule has 1 amide bonds. The summed E-state index contributed by atoms with van der Waals surface area (Å²) in [5, 5.41) is 20.8. The number of fused-ring (bicyclic) bond motifs is 1. The number of carbonyl (C=O) groups excluding carboxylic acids is 1. The molecule has 0 atom stereocenters. The maximum absolute atomic E-state index is 11.3. The number of phenolic OH excluding ortho intramolecular Hbond substituents is 1. The second-order valence-electron chi connectivity index (χ2n) is 3.39. The molecule has 1 aliphatic heterocycles.